The van der Waals surface area contributed by atoms with E-state index < -0.39 is 6.10 Å². The second-order valence-electron chi connectivity index (χ2n) is 2.52. The van der Waals surface area contributed by atoms with Crippen molar-refractivity contribution >= 4 is 0 Å². The highest BCUT2D eigenvalue weighted by Crippen LogP contribution is 2.12. The van der Waals surface area contributed by atoms with Gasteiger partial charge >= 0.3 is 0 Å². The van der Waals surface area contributed by atoms with E-state index in [9.17, 15) is 5.11 Å². The molecular formula is C7H13N3O2. The number of aliphatic hydroxyl groups is 1. The zero-order chi connectivity index (χ0) is 8.81. The summed E-state index contributed by atoms with van der Waals surface area (Å²) in [6, 6.07) is 0. The van der Waals surface area contributed by atoms with Gasteiger partial charge in [-0.2, -0.15) is 5.10 Å². The third-order valence-electron chi connectivity index (χ3n) is 1.58. The van der Waals surface area contributed by atoms with Crippen LogP contribution in [0.2, 0.25) is 0 Å². The summed E-state index contributed by atoms with van der Waals surface area (Å²) < 4.78 is 4.85. The summed E-state index contributed by atoms with van der Waals surface area (Å²) in [5.74, 6) is 0.520. The Hall–Kier alpha value is -0.940. The van der Waals surface area contributed by atoms with Crippen LogP contribution in [0.25, 0.3) is 0 Å². The Morgan fingerprint density at radius 1 is 1.75 bits per heavy atom. The first-order chi connectivity index (χ1) is 5.84. The van der Waals surface area contributed by atoms with Crippen molar-refractivity contribution in [2.45, 2.75) is 18.9 Å². The summed E-state index contributed by atoms with van der Waals surface area (Å²) in [4.78, 5) is 3.84. The number of hydrogen-bond donors (Lipinski definition) is 2. The van der Waals surface area contributed by atoms with Gasteiger partial charge in [-0.3, -0.25) is 5.10 Å². The molecule has 1 aromatic heterocycles. The molecular weight excluding hydrogens is 158 g/mol. The molecule has 12 heavy (non-hydrogen) atoms. The molecule has 1 rings (SSSR count). The average Bonchev–Trinajstić information content (AvgIpc) is 2.56. The lowest BCUT2D eigenvalue weighted by atomic mass is 10.2. The van der Waals surface area contributed by atoms with E-state index in [1.165, 1.54) is 6.33 Å². The van der Waals surface area contributed by atoms with E-state index >= 15 is 0 Å². The number of aromatic nitrogens is 3. The molecule has 1 aromatic rings. The Bertz CT molecular complexity index is 200. The lowest BCUT2D eigenvalue weighted by Gasteiger charge is -2.05. The topological polar surface area (TPSA) is 71.0 Å². The maximum absolute atomic E-state index is 9.45. The minimum atomic E-state index is -0.553. The number of aromatic amines is 1. The molecule has 0 aliphatic rings. The van der Waals surface area contributed by atoms with Gasteiger partial charge in [-0.15, -0.1) is 0 Å². The number of aliphatic hydroxyl groups excluding tert-OH is 1. The smallest absolute Gasteiger partial charge is 0.153 e. The molecule has 5 heteroatoms. The van der Waals surface area contributed by atoms with Gasteiger partial charge in [0.25, 0.3) is 0 Å². The largest absolute Gasteiger partial charge is 0.385 e. The summed E-state index contributed by atoms with van der Waals surface area (Å²) in [6.07, 6.45) is 2.29. The molecule has 0 aromatic carbocycles. The van der Waals surface area contributed by atoms with E-state index in [1.807, 2.05) is 0 Å². The first-order valence-corrected chi connectivity index (χ1v) is 3.87. The molecule has 1 atom stereocenters. The number of rotatable bonds is 5. The van der Waals surface area contributed by atoms with E-state index in [-0.39, 0.29) is 0 Å². The normalized spacial score (nSPS) is 13.2. The van der Waals surface area contributed by atoms with Crippen LogP contribution in [0.1, 0.15) is 24.8 Å². The molecule has 0 saturated carbocycles. The quantitative estimate of drug-likeness (QED) is 0.623. The molecule has 1 heterocycles. The number of nitrogens with one attached hydrogen (secondary N) is 1. The standard InChI is InChI=1S/C7H13N3O2/c1-12-4-2-3-6(11)7-8-5-9-10-7/h5-6,11H,2-4H2,1H3,(H,8,9,10). The summed E-state index contributed by atoms with van der Waals surface area (Å²) in [5.41, 5.74) is 0. The molecule has 0 aliphatic carbocycles. The Morgan fingerprint density at radius 2 is 2.58 bits per heavy atom. The fraction of sp³-hybridized carbons (Fsp3) is 0.714. The first kappa shape index (κ1) is 9.15. The van der Waals surface area contributed by atoms with Gasteiger partial charge in [0.1, 0.15) is 12.4 Å². The Labute approximate surface area is 70.8 Å². The van der Waals surface area contributed by atoms with Crippen LogP contribution in [-0.4, -0.2) is 34.0 Å². The SMILES string of the molecule is COCCCC(O)c1ncn[nH]1. The lowest BCUT2D eigenvalue weighted by Crippen LogP contribution is -2.01. The molecule has 68 valence electrons. The van der Waals surface area contributed by atoms with Crippen LogP contribution >= 0.6 is 0 Å². The van der Waals surface area contributed by atoms with Crippen LogP contribution in [0.5, 0.6) is 0 Å². The van der Waals surface area contributed by atoms with E-state index in [1.54, 1.807) is 7.11 Å². The maximum Gasteiger partial charge on any atom is 0.153 e. The predicted molar refractivity (Wildman–Crippen MR) is 42.5 cm³/mol. The molecule has 0 bridgehead atoms. The van der Waals surface area contributed by atoms with Crippen LogP contribution in [0.4, 0.5) is 0 Å². The number of H-pyrrole nitrogens is 1. The lowest BCUT2D eigenvalue weighted by molar-refractivity contribution is 0.130. The van der Waals surface area contributed by atoms with Gasteiger partial charge in [-0.05, 0) is 12.8 Å². The van der Waals surface area contributed by atoms with Gasteiger partial charge in [0, 0.05) is 13.7 Å². The van der Waals surface area contributed by atoms with E-state index in [0.717, 1.165) is 6.42 Å². The van der Waals surface area contributed by atoms with Crippen LogP contribution in [0, 0.1) is 0 Å². The van der Waals surface area contributed by atoms with E-state index in [4.69, 9.17) is 4.74 Å². The first-order valence-electron chi connectivity index (χ1n) is 3.87. The molecule has 0 aliphatic heterocycles. The highest BCUT2D eigenvalue weighted by Gasteiger charge is 2.08. The monoisotopic (exact) mass is 171 g/mol. The Kier molecular flexibility index (Phi) is 3.69. The van der Waals surface area contributed by atoms with Gasteiger partial charge in [0.05, 0.1) is 0 Å². The maximum atomic E-state index is 9.45. The van der Waals surface area contributed by atoms with Gasteiger partial charge in [0.2, 0.25) is 0 Å². The molecule has 5 nitrogen and oxygen atoms in total. The van der Waals surface area contributed by atoms with Crippen molar-refractivity contribution in [1.29, 1.82) is 0 Å². The fourth-order valence-electron chi connectivity index (χ4n) is 0.933. The molecule has 0 fully saturated rings. The van der Waals surface area contributed by atoms with Crippen molar-refractivity contribution in [2.24, 2.45) is 0 Å². The third kappa shape index (κ3) is 2.60. The Morgan fingerprint density at radius 3 is 3.17 bits per heavy atom. The van der Waals surface area contributed by atoms with Gasteiger partial charge in [-0.1, -0.05) is 0 Å². The van der Waals surface area contributed by atoms with E-state index in [0.29, 0.717) is 18.9 Å². The summed E-state index contributed by atoms with van der Waals surface area (Å²) >= 11 is 0. The van der Waals surface area contributed by atoms with Crippen molar-refractivity contribution in [1.82, 2.24) is 15.2 Å². The third-order valence-corrected chi connectivity index (χ3v) is 1.58. The zero-order valence-corrected chi connectivity index (χ0v) is 7.03. The predicted octanol–water partition coefficient (Wildman–Crippen LogP) is 0.265. The zero-order valence-electron chi connectivity index (χ0n) is 7.03. The summed E-state index contributed by atoms with van der Waals surface area (Å²) in [5, 5.41) is 15.7. The molecule has 0 saturated heterocycles. The second-order valence-corrected chi connectivity index (χ2v) is 2.52. The van der Waals surface area contributed by atoms with Crippen LogP contribution < -0.4 is 0 Å². The molecule has 1 unspecified atom stereocenters. The van der Waals surface area contributed by atoms with Crippen LogP contribution in [0.3, 0.4) is 0 Å². The number of ether oxygens (including phenoxy) is 1. The van der Waals surface area contributed by atoms with Crippen molar-refractivity contribution < 1.29 is 9.84 Å². The van der Waals surface area contributed by atoms with Crippen LogP contribution in [0.15, 0.2) is 6.33 Å². The fourth-order valence-corrected chi connectivity index (χ4v) is 0.933. The second kappa shape index (κ2) is 4.84. The van der Waals surface area contributed by atoms with Crippen molar-refractivity contribution in [3.63, 3.8) is 0 Å². The molecule has 2 N–H and O–H groups in total. The minimum absolute atomic E-state index is 0.520. The van der Waals surface area contributed by atoms with Crippen molar-refractivity contribution in [3.05, 3.63) is 12.2 Å². The summed E-state index contributed by atoms with van der Waals surface area (Å²) in [7, 11) is 1.64. The molecule has 0 radical (unpaired) electrons. The Balaban J connectivity index is 2.25. The number of nitrogens with zero attached hydrogens (tertiary/aromatic N) is 2. The summed E-state index contributed by atoms with van der Waals surface area (Å²) in [6.45, 7) is 0.658. The van der Waals surface area contributed by atoms with E-state index in [2.05, 4.69) is 15.2 Å². The molecule has 0 spiro atoms. The average molecular weight is 171 g/mol. The highest BCUT2D eigenvalue weighted by atomic mass is 16.5. The van der Waals surface area contributed by atoms with Crippen molar-refractivity contribution in [2.75, 3.05) is 13.7 Å². The van der Waals surface area contributed by atoms with Crippen LogP contribution in [-0.2, 0) is 4.74 Å². The van der Waals surface area contributed by atoms with Gasteiger partial charge < -0.3 is 9.84 Å². The van der Waals surface area contributed by atoms with Crippen molar-refractivity contribution in [3.8, 4) is 0 Å². The molecule has 0 amide bonds. The number of methoxy groups -OCH3 is 1. The minimum Gasteiger partial charge on any atom is -0.385 e. The van der Waals surface area contributed by atoms with Gasteiger partial charge in [0.15, 0.2) is 5.82 Å². The highest BCUT2D eigenvalue weighted by molar-refractivity contribution is 4.85. The van der Waals surface area contributed by atoms with Gasteiger partial charge in [-0.25, -0.2) is 4.98 Å². The number of hydrogen-bond acceptors (Lipinski definition) is 4.